The standard InChI is InChI=1S/C15H17ClN4O4/c16-11-4-1-3-10(9-11)14-19-12(24-20-14)6-8-18-15(23)17-7-2-5-13(21)22/h1,3-4,9H,2,5-8H2,(H,21,22)(H2,17,18,23). The number of nitrogens with one attached hydrogen (secondary N) is 2. The second kappa shape index (κ2) is 8.88. The van der Waals surface area contributed by atoms with Gasteiger partial charge in [-0.2, -0.15) is 4.98 Å². The Morgan fingerprint density at radius 2 is 2.04 bits per heavy atom. The summed E-state index contributed by atoms with van der Waals surface area (Å²) in [5.74, 6) is -0.0501. The summed E-state index contributed by atoms with van der Waals surface area (Å²) in [6.45, 7) is 0.625. The van der Waals surface area contributed by atoms with Crippen LogP contribution in [-0.2, 0) is 11.2 Å². The summed E-state index contributed by atoms with van der Waals surface area (Å²) < 4.78 is 5.12. The van der Waals surface area contributed by atoms with Crippen LogP contribution in [0, 0.1) is 0 Å². The third-order valence-corrected chi connectivity index (χ3v) is 3.26. The molecule has 24 heavy (non-hydrogen) atoms. The Labute approximate surface area is 143 Å². The minimum atomic E-state index is -0.885. The third-order valence-electron chi connectivity index (χ3n) is 3.03. The Balaban J connectivity index is 1.71. The second-order valence-corrected chi connectivity index (χ2v) is 5.39. The first-order chi connectivity index (χ1) is 11.5. The number of carboxylic acid groups (broad SMARTS) is 1. The van der Waals surface area contributed by atoms with Gasteiger partial charge in [-0.05, 0) is 18.6 Å². The van der Waals surface area contributed by atoms with Crippen LogP contribution >= 0.6 is 11.6 Å². The molecule has 0 radical (unpaired) electrons. The first-order valence-electron chi connectivity index (χ1n) is 7.36. The van der Waals surface area contributed by atoms with Crippen LogP contribution in [0.4, 0.5) is 4.79 Å². The lowest BCUT2D eigenvalue weighted by Gasteiger charge is -2.05. The van der Waals surface area contributed by atoms with E-state index in [-0.39, 0.29) is 12.5 Å². The Kier molecular flexibility index (Phi) is 6.56. The average molecular weight is 353 g/mol. The van der Waals surface area contributed by atoms with Crippen LogP contribution in [0.25, 0.3) is 11.4 Å². The maximum absolute atomic E-state index is 11.5. The first kappa shape index (κ1) is 17.7. The molecule has 0 spiro atoms. The Hall–Kier alpha value is -2.61. The van der Waals surface area contributed by atoms with Crippen LogP contribution in [0.15, 0.2) is 28.8 Å². The van der Waals surface area contributed by atoms with Crippen molar-refractivity contribution in [1.82, 2.24) is 20.8 Å². The molecule has 0 bridgehead atoms. The van der Waals surface area contributed by atoms with Gasteiger partial charge in [-0.1, -0.05) is 28.9 Å². The molecule has 1 heterocycles. The second-order valence-electron chi connectivity index (χ2n) is 4.95. The molecule has 0 aliphatic carbocycles. The van der Waals surface area contributed by atoms with E-state index in [1.165, 1.54) is 0 Å². The molecule has 2 rings (SSSR count). The first-order valence-corrected chi connectivity index (χ1v) is 7.74. The minimum absolute atomic E-state index is 0.0224. The molecular weight excluding hydrogens is 336 g/mol. The summed E-state index contributed by atoms with van der Waals surface area (Å²) in [5, 5.41) is 18.1. The number of benzene rings is 1. The van der Waals surface area contributed by atoms with Gasteiger partial charge in [-0.25, -0.2) is 4.79 Å². The highest BCUT2D eigenvalue weighted by molar-refractivity contribution is 6.30. The summed E-state index contributed by atoms with van der Waals surface area (Å²) >= 11 is 5.92. The van der Waals surface area contributed by atoms with E-state index in [0.29, 0.717) is 42.7 Å². The van der Waals surface area contributed by atoms with Gasteiger partial charge in [0.2, 0.25) is 11.7 Å². The Morgan fingerprint density at radius 3 is 2.79 bits per heavy atom. The number of amides is 2. The van der Waals surface area contributed by atoms with Crippen LogP contribution in [0.3, 0.4) is 0 Å². The summed E-state index contributed by atoms with van der Waals surface area (Å²) in [4.78, 5) is 26.1. The van der Waals surface area contributed by atoms with E-state index in [1.807, 2.05) is 6.07 Å². The highest BCUT2D eigenvalue weighted by Gasteiger charge is 2.09. The molecule has 2 aromatic rings. The zero-order valence-corrected chi connectivity index (χ0v) is 13.5. The quantitative estimate of drug-likeness (QED) is 0.626. The molecule has 0 aliphatic rings. The van der Waals surface area contributed by atoms with Crippen molar-refractivity contribution in [1.29, 1.82) is 0 Å². The summed E-state index contributed by atoms with van der Waals surface area (Å²) in [7, 11) is 0. The van der Waals surface area contributed by atoms with Gasteiger partial charge in [0.1, 0.15) is 0 Å². The number of urea groups is 1. The van der Waals surface area contributed by atoms with Crippen molar-refractivity contribution in [3.8, 4) is 11.4 Å². The summed E-state index contributed by atoms with van der Waals surface area (Å²) in [5.41, 5.74) is 0.752. The molecule has 2 amide bonds. The van der Waals surface area contributed by atoms with Crippen LogP contribution in [0.5, 0.6) is 0 Å². The van der Waals surface area contributed by atoms with Gasteiger partial charge in [0, 0.05) is 36.5 Å². The molecular formula is C15H17ClN4O4. The van der Waals surface area contributed by atoms with E-state index in [1.54, 1.807) is 18.2 Å². The molecule has 3 N–H and O–H groups in total. The van der Waals surface area contributed by atoms with E-state index < -0.39 is 5.97 Å². The lowest BCUT2D eigenvalue weighted by Crippen LogP contribution is -2.37. The highest BCUT2D eigenvalue weighted by Crippen LogP contribution is 2.19. The Morgan fingerprint density at radius 1 is 1.25 bits per heavy atom. The Bertz CT molecular complexity index is 704. The van der Waals surface area contributed by atoms with Gasteiger partial charge in [0.15, 0.2) is 0 Å². The topological polar surface area (TPSA) is 117 Å². The number of halogens is 1. The molecule has 0 saturated carbocycles. The van der Waals surface area contributed by atoms with E-state index in [2.05, 4.69) is 20.8 Å². The van der Waals surface area contributed by atoms with Crippen molar-refractivity contribution in [2.45, 2.75) is 19.3 Å². The predicted octanol–water partition coefficient (Wildman–Crippen LogP) is 2.10. The molecule has 0 fully saturated rings. The van der Waals surface area contributed by atoms with Crippen LogP contribution in [0.2, 0.25) is 5.02 Å². The zero-order valence-electron chi connectivity index (χ0n) is 12.8. The van der Waals surface area contributed by atoms with Gasteiger partial charge in [-0.3, -0.25) is 4.79 Å². The monoisotopic (exact) mass is 352 g/mol. The number of carbonyl (C=O) groups is 2. The zero-order chi connectivity index (χ0) is 17.4. The molecule has 0 saturated heterocycles. The lowest BCUT2D eigenvalue weighted by molar-refractivity contribution is -0.137. The number of hydrogen-bond donors (Lipinski definition) is 3. The maximum atomic E-state index is 11.5. The molecule has 0 unspecified atom stereocenters. The van der Waals surface area contributed by atoms with E-state index >= 15 is 0 Å². The van der Waals surface area contributed by atoms with Crippen molar-refractivity contribution in [3.63, 3.8) is 0 Å². The fourth-order valence-electron chi connectivity index (χ4n) is 1.89. The van der Waals surface area contributed by atoms with E-state index in [9.17, 15) is 9.59 Å². The van der Waals surface area contributed by atoms with Crippen molar-refractivity contribution in [2.75, 3.05) is 13.1 Å². The maximum Gasteiger partial charge on any atom is 0.314 e. The van der Waals surface area contributed by atoms with Crippen LogP contribution < -0.4 is 10.6 Å². The van der Waals surface area contributed by atoms with Gasteiger partial charge >= 0.3 is 12.0 Å². The van der Waals surface area contributed by atoms with E-state index in [0.717, 1.165) is 5.56 Å². The number of carbonyl (C=O) groups excluding carboxylic acids is 1. The molecule has 8 nitrogen and oxygen atoms in total. The fraction of sp³-hybridized carbons (Fsp3) is 0.333. The van der Waals surface area contributed by atoms with Crippen molar-refractivity contribution in [2.24, 2.45) is 0 Å². The molecule has 128 valence electrons. The normalized spacial score (nSPS) is 10.4. The highest BCUT2D eigenvalue weighted by atomic mass is 35.5. The predicted molar refractivity (Wildman–Crippen MR) is 86.7 cm³/mol. The van der Waals surface area contributed by atoms with Gasteiger partial charge in [0.05, 0.1) is 0 Å². The van der Waals surface area contributed by atoms with Crippen molar-refractivity contribution >= 4 is 23.6 Å². The van der Waals surface area contributed by atoms with Gasteiger partial charge in [-0.15, -0.1) is 0 Å². The molecule has 0 atom stereocenters. The number of aromatic nitrogens is 2. The van der Waals surface area contributed by atoms with Crippen molar-refractivity contribution in [3.05, 3.63) is 35.2 Å². The molecule has 9 heteroatoms. The summed E-state index contributed by atoms with van der Waals surface area (Å²) in [6, 6.07) is 6.74. The average Bonchev–Trinajstić information content (AvgIpc) is 3.00. The van der Waals surface area contributed by atoms with E-state index in [4.69, 9.17) is 21.2 Å². The number of nitrogens with zero attached hydrogens (tertiary/aromatic N) is 2. The van der Waals surface area contributed by atoms with Crippen LogP contribution in [0.1, 0.15) is 18.7 Å². The van der Waals surface area contributed by atoms with Crippen LogP contribution in [-0.4, -0.2) is 40.3 Å². The number of hydrogen-bond acceptors (Lipinski definition) is 5. The lowest BCUT2D eigenvalue weighted by atomic mass is 10.2. The number of rotatable bonds is 8. The molecule has 1 aromatic heterocycles. The summed E-state index contributed by atoms with van der Waals surface area (Å²) in [6.07, 6.45) is 0.792. The van der Waals surface area contributed by atoms with Gasteiger partial charge in [0.25, 0.3) is 0 Å². The largest absolute Gasteiger partial charge is 0.481 e. The number of carboxylic acids is 1. The molecule has 1 aromatic carbocycles. The third kappa shape index (κ3) is 5.88. The fourth-order valence-corrected chi connectivity index (χ4v) is 2.08. The molecule has 0 aliphatic heterocycles. The van der Waals surface area contributed by atoms with Gasteiger partial charge < -0.3 is 20.3 Å². The van der Waals surface area contributed by atoms with Crippen molar-refractivity contribution < 1.29 is 19.2 Å². The SMILES string of the molecule is O=C(O)CCCNC(=O)NCCc1nc(-c2cccc(Cl)c2)no1. The minimum Gasteiger partial charge on any atom is -0.481 e. The number of aliphatic carboxylic acids is 1. The smallest absolute Gasteiger partial charge is 0.314 e.